The van der Waals surface area contributed by atoms with E-state index in [4.69, 9.17) is 15.8 Å². The molecule has 5 heteroatoms. The molecule has 0 bridgehead atoms. The maximum absolute atomic E-state index is 8.86. The molecular weight excluding hydrogens is 196 g/mol. The van der Waals surface area contributed by atoms with Crippen LogP contribution < -0.4 is 4.90 Å². The summed E-state index contributed by atoms with van der Waals surface area (Å²) in [5.74, 6) is 0. The molecule has 0 aromatic carbocycles. The van der Waals surface area contributed by atoms with Gasteiger partial charge in [-0.3, -0.25) is 0 Å². The molecule has 1 aromatic rings. The molecule has 0 N–H and O–H groups in total. The summed E-state index contributed by atoms with van der Waals surface area (Å²) in [4.78, 5) is 2.03. The quantitative estimate of drug-likeness (QED) is 0.690. The topological polar surface area (TPSA) is 74.6 Å². The molecule has 0 saturated carbocycles. The number of hydrogen-bond acceptors (Lipinski definition) is 5. The molecule has 1 heterocycles. The summed E-state index contributed by atoms with van der Waals surface area (Å²) in [6.07, 6.45) is 0. The maximum atomic E-state index is 8.86. The molecule has 0 aliphatic rings. The van der Waals surface area contributed by atoms with Gasteiger partial charge in [-0.2, -0.15) is 15.8 Å². The van der Waals surface area contributed by atoms with Crippen LogP contribution in [-0.4, -0.2) is 14.1 Å². The van der Waals surface area contributed by atoms with Gasteiger partial charge in [-0.15, -0.1) is 11.3 Å². The lowest BCUT2D eigenvalue weighted by Gasteiger charge is -2.08. The summed E-state index contributed by atoms with van der Waals surface area (Å²) in [6, 6.07) is 5.74. The van der Waals surface area contributed by atoms with Crippen LogP contribution in [-0.2, 0) is 0 Å². The highest BCUT2D eigenvalue weighted by molar-refractivity contribution is 7.17. The molecule has 4 nitrogen and oxygen atoms in total. The van der Waals surface area contributed by atoms with Crippen molar-refractivity contribution in [1.29, 1.82) is 15.8 Å². The Morgan fingerprint density at radius 3 is 1.93 bits per heavy atom. The smallest absolute Gasteiger partial charge is 0.126 e. The fourth-order valence-electron chi connectivity index (χ4n) is 1.02. The van der Waals surface area contributed by atoms with Gasteiger partial charge < -0.3 is 4.90 Å². The first-order valence-electron chi connectivity index (χ1n) is 3.70. The third-order valence-electron chi connectivity index (χ3n) is 1.62. The molecule has 0 fully saturated rings. The van der Waals surface area contributed by atoms with Crippen LogP contribution in [0.4, 0.5) is 5.00 Å². The van der Waals surface area contributed by atoms with Crippen LogP contribution in [0.25, 0.3) is 0 Å². The van der Waals surface area contributed by atoms with Crippen molar-refractivity contribution in [2.24, 2.45) is 0 Å². The normalized spacial score (nSPS) is 8.50. The molecule has 1 aromatic heterocycles. The number of nitriles is 3. The number of rotatable bonds is 1. The van der Waals surface area contributed by atoms with E-state index < -0.39 is 0 Å². The van der Waals surface area contributed by atoms with Gasteiger partial charge in [0.25, 0.3) is 0 Å². The van der Waals surface area contributed by atoms with Crippen LogP contribution in [0.3, 0.4) is 0 Å². The molecule has 0 aliphatic carbocycles. The van der Waals surface area contributed by atoms with E-state index >= 15 is 0 Å². The second-order valence-electron chi connectivity index (χ2n) is 2.72. The Morgan fingerprint density at radius 1 is 1.00 bits per heavy atom. The van der Waals surface area contributed by atoms with Gasteiger partial charge in [0.2, 0.25) is 0 Å². The summed E-state index contributed by atoms with van der Waals surface area (Å²) >= 11 is 1.16. The zero-order chi connectivity index (χ0) is 10.7. The number of nitrogens with zero attached hydrogens (tertiary/aromatic N) is 4. The third kappa shape index (κ3) is 1.40. The molecule has 0 radical (unpaired) electrons. The SMILES string of the molecule is CN(C)c1sc(C#N)c(C#N)c1C#N. The van der Waals surface area contributed by atoms with Crippen LogP contribution in [0.2, 0.25) is 0 Å². The van der Waals surface area contributed by atoms with Crippen molar-refractivity contribution in [1.82, 2.24) is 0 Å². The highest BCUT2D eigenvalue weighted by Crippen LogP contribution is 2.33. The third-order valence-corrected chi connectivity index (χ3v) is 2.88. The van der Waals surface area contributed by atoms with E-state index in [0.29, 0.717) is 15.4 Å². The van der Waals surface area contributed by atoms with E-state index in [-0.39, 0.29) is 5.56 Å². The summed E-state index contributed by atoms with van der Waals surface area (Å²) in [5, 5.41) is 27.0. The Labute approximate surface area is 85.8 Å². The van der Waals surface area contributed by atoms with Crippen LogP contribution >= 0.6 is 11.3 Å². The Kier molecular flexibility index (Phi) is 2.72. The standard InChI is InChI=1S/C9H6N4S/c1-13(2)9-7(4-11)6(3-10)8(5-12)14-9/h1-2H3. The number of anilines is 1. The minimum Gasteiger partial charge on any atom is -0.368 e. The first-order chi connectivity index (χ1) is 6.65. The highest BCUT2D eigenvalue weighted by Gasteiger charge is 2.18. The predicted molar refractivity (Wildman–Crippen MR) is 52.8 cm³/mol. The lowest BCUT2D eigenvalue weighted by atomic mass is 10.2. The Bertz CT molecular complexity index is 479. The largest absolute Gasteiger partial charge is 0.368 e. The fourth-order valence-corrected chi connectivity index (χ4v) is 1.94. The van der Waals surface area contributed by atoms with Crippen LogP contribution in [0.1, 0.15) is 16.0 Å². The molecule has 0 atom stereocenters. The van der Waals surface area contributed by atoms with Crippen molar-refractivity contribution in [2.75, 3.05) is 19.0 Å². The highest BCUT2D eigenvalue weighted by atomic mass is 32.1. The van der Waals surface area contributed by atoms with Crippen molar-refractivity contribution in [3.05, 3.63) is 16.0 Å². The zero-order valence-corrected chi connectivity index (χ0v) is 8.51. The van der Waals surface area contributed by atoms with E-state index in [2.05, 4.69) is 0 Å². The lowest BCUT2D eigenvalue weighted by Crippen LogP contribution is -2.08. The average Bonchev–Trinajstić information content (AvgIpc) is 2.54. The van der Waals surface area contributed by atoms with E-state index in [1.807, 2.05) is 18.2 Å². The van der Waals surface area contributed by atoms with E-state index in [1.54, 1.807) is 19.0 Å². The Morgan fingerprint density at radius 2 is 1.57 bits per heavy atom. The maximum Gasteiger partial charge on any atom is 0.126 e. The lowest BCUT2D eigenvalue weighted by molar-refractivity contribution is 1.15. The fraction of sp³-hybridized carbons (Fsp3) is 0.222. The molecular formula is C9H6N4S. The van der Waals surface area contributed by atoms with E-state index in [9.17, 15) is 0 Å². The Balaban J connectivity index is 3.53. The van der Waals surface area contributed by atoms with E-state index in [0.717, 1.165) is 11.3 Å². The van der Waals surface area contributed by atoms with Gasteiger partial charge in [0.15, 0.2) is 0 Å². The van der Waals surface area contributed by atoms with Gasteiger partial charge in [-0.05, 0) is 0 Å². The molecule has 0 amide bonds. The number of hydrogen-bond donors (Lipinski definition) is 0. The second-order valence-corrected chi connectivity index (χ2v) is 3.72. The van der Waals surface area contributed by atoms with Gasteiger partial charge in [0.05, 0.1) is 0 Å². The minimum absolute atomic E-state index is 0.184. The van der Waals surface area contributed by atoms with Gasteiger partial charge in [-0.1, -0.05) is 0 Å². The van der Waals surface area contributed by atoms with Crippen molar-refractivity contribution in [2.45, 2.75) is 0 Å². The molecule has 0 aliphatic heterocycles. The Hall–Kier alpha value is -2.03. The van der Waals surface area contributed by atoms with E-state index in [1.165, 1.54) is 0 Å². The van der Waals surface area contributed by atoms with Crippen LogP contribution in [0.5, 0.6) is 0 Å². The summed E-state index contributed by atoms with van der Waals surface area (Å²) < 4.78 is 0. The van der Waals surface area contributed by atoms with Gasteiger partial charge >= 0.3 is 0 Å². The summed E-state index contributed by atoms with van der Waals surface area (Å²) in [7, 11) is 3.55. The molecule has 0 saturated heterocycles. The molecule has 14 heavy (non-hydrogen) atoms. The zero-order valence-electron chi connectivity index (χ0n) is 7.70. The van der Waals surface area contributed by atoms with Crippen molar-refractivity contribution < 1.29 is 0 Å². The van der Waals surface area contributed by atoms with Crippen molar-refractivity contribution >= 4 is 16.3 Å². The predicted octanol–water partition coefficient (Wildman–Crippen LogP) is 1.43. The molecule has 0 spiro atoms. The first kappa shape index (κ1) is 10.1. The summed E-state index contributed by atoms with van der Waals surface area (Å²) in [6.45, 7) is 0. The summed E-state index contributed by atoms with van der Waals surface area (Å²) in [5.41, 5.74) is 0.475. The average molecular weight is 202 g/mol. The van der Waals surface area contributed by atoms with Gasteiger partial charge in [0, 0.05) is 14.1 Å². The van der Waals surface area contributed by atoms with Crippen molar-refractivity contribution in [3.63, 3.8) is 0 Å². The number of thiophene rings is 1. The molecule has 68 valence electrons. The first-order valence-corrected chi connectivity index (χ1v) is 4.51. The van der Waals surface area contributed by atoms with Gasteiger partial charge in [-0.25, -0.2) is 0 Å². The minimum atomic E-state index is 0.184. The van der Waals surface area contributed by atoms with Crippen LogP contribution in [0.15, 0.2) is 0 Å². The molecule has 1 rings (SSSR count). The van der Waals surface area contributed by atoms with Crippen LogP contribution in [0, 0.1) is 34.0 Å². The van der Waals surface area contributed by atoms with Crippen molar-refractivity contribution in [3.8, 4) is 18.2 Å². The van der Waals surface area contributed by atoms with Gasteiger partial charge in [0.1, 0.15) is 39.2 Å². The monoisotopic (exact) mass is 202 g/mol. The second kappa shape index (κ2) is 3.79. The molecule has 0 unspecified atom stereocenters.